The summed E-state index contributed by atoms with van der Waals surface area (Å²) in [6, 6.07) is 12.2. The Kier molecular flexibility index (Phi) is 14.0. The van der Waals surface area contributed by atoms with E-state index in [1.54, 1.807) is 25.1 Å². The number of hydrogen-bond acceptors (Lipinski definition) is 12. The Morgan fingerprint density at radius 2 is 1.71 bits per heavy atom. The minimum Gasteiger partial charge on any atom is -0.494 e. The highest BCUT2D eigenvalue weighted by atomic mass is 16.5. The molecule has 48 heavy (non-hydrogen) atoms. The second kappa shape index (κ2) is 18.9. The molecule has 0 saturated heterocycles. The van der Waals surface area contributed by atoms with Crippen molar-refractivity contribution in [3.05, 3.63) is 53.6 Å². The summed E-state index contributed by atoms with van der Waals surface area (Å²) in [5.74, 6) is 0.799. The number of aromatic nitrogens is 3. The Morgan fingerprint density at radius 1 is 0.958 bits per heavy atom. The molecule has 0 saturated carbocycles. The summed E-state index contributed by atoms with van der Waals surface area (Å²) >= 11 is 0. The third-order valence-corrected chi connectivity index (χ3v) is 7.38. The zero-order chi connectivity index (χ0) is 34.1. The van der Waals surface area contributed by atoms with Crippen molar-refractivity contribution in [3.8, 4) is 17.5 Å². The molecule has 0 aliphatic carbocycles. The van der Waals surface area contributed by atoms with E-state index < -0.39 is 17.9 Å². The van der Waals surface area contributed by atoms with Gasteiger partial charge in [-0.2, -0.15) is 15.0 Å². The van der Waals surface area contributed by atoms with Crippen LogP contribution in [-0.4, -0.2) is 65.1 Å². The first-order chi connectivity index (χ1) is 23.3. The molecule has 1 atom stereocenters. The number of nitrogens with two attached hydrogens (primary N) is 1. The zero-order valence-electron chi connectivity index (χ0n) is 27.7. The third kappa shape index (κ3) is 11.6. The molecule has 0 unspecified atom stereocenters. The van der Waals surface area contributed by atoms with E-state index in [9.17, 15) is 9.59 Å². The van der Waals surface area contributed by atoms with Crippen molar-refractivity contribution >= 4 is 35.3 Å². The van der Waals surface area contributed by atoms with Gasteiger partial charge in [0, 0.05) is 24.7 Å². The van der Waals surface area contributed by atoms with Gasteiger partial charge >= 0.3 is 12.0 Å². The van der Waals surface area contributed by atoms with Crippen LogP contribution in [0.3, 0.4) is 0 Å². The molecule has 0 spiro atoms. The summed E-state index contributed by atoms with van der Waals surface area (Å²) in [6.45, 7) is 5.58. The summed E-state index contributed by atoms with van der Waals surface area (Å²) in [5.41, 5.74) is 7.34. The largest absolute Gasteiger partial charge is 0.494 e. The Balaban J connectivity index is 1.58. The summed E-state index contributed by atoms with van der Waals surface area (Å²) in [6.07, 6.45) is 5.53. The predicted octanol–water partition coefficient (Wildman–Crippen LogP) is 5.12. The van der Waals surface area contributed by atoms with Crippen LogP contribution in [0, 0.1) is 5.41 Å². The van der Waals surface area contributed by atoms with E-state index in [-0.39, 0.29) is 30.0 Å². The second-order valence-electron chi connectivity index (χ2n) is 11.2. The second-order valence-corrected chi connectivity index (χ2v) is 11.2. The summed E-state index contributed by atoms with van der Waals surface area (Å²) < 4.78 is 22.9. The number of nitrogens with one attached hydrogen (secondary N) is 4. The lowest BCUT2D eigenvalue weighted by atomic mass is 10.1. The number of carbonyl (C=O) groups is 2. The molecule has 258 valence electrons. The van der Waals surface area contributed by atoms with Crippen LogP contribution in [0.4, 0.5) is 17.6 Å². The molecule has 5 rings (SSSR count). The Bertz CT molecular complexity index is 1500. The fourth-order valence-electron chi connectivity index (χ4n) is 4.93. The van der Waals surface area contributed by atoms with Gasteiger partial charge in [0.05, 0.1) is 37.8 Å². The van der Waals surface area contributed by atoms with E-state index in [2.05, 4.69) is 30.9 Å². The number of carbonyl (C=O) groups excluding carboxylic acids is 2. The maximum absolute atomic E-state index is 13.6. The minimum absolute atomic E-state index is 0.0819. The molecule has 6 bridgehead atoms. The normalized spacial score (nSPS) is 14.0. The van der Waals surface area contributed by atoms with Gasteiger partial charge in [-0.25, -0.2) is 4.79 Å². The van der Waals surface area contributed by atoms with E-state index in [0.29, 0.717) is 69.4 Å². The molecular formula is C34H46N8O6. The topological polar surface area (TPSA) is 196 Å². The van der Waals surface area contributed by atoms with Gasteiger partial charge in [0.1, 0.15) is 17.5 Å². The average Bonchev–Trinajstić information content (AvgIpc) is 3.06. The highest BCUT2D eigenvalue weighted by molar-refractivity contribution is 5.99. The third-order valence-electron chi connectivity index (χ3n) is 7.38. The van der Waals surface area contributed by atoms with Crippen molar-refractivity contribution in [2.45, 2.75) is 77.8 Å². The van der Waals surface area contributed by atoms with Gasteiger partial charge in [-0.05, 0) is 82.2 Å². The van der Waals surface area contributed by atoms with Crippen molar-refractivity contribution < 1.29 is 28.5 Å². The van der Waals surface area contributed by atoms with Crippen molar-refractivity contribution in [2.24, 2.45) is 5.73 Å². The van der Waals surface area contributed by atoms with Crippen molar-refractivity contribution in [1.82, 2.24) is 20.3 Å². The number of amides is 1. The van der Waals surface area contributed by atoms with Crippen molar-refractivity contribution in [3.63, 3.8) is 0 Å². The molecule has 14 heteroatoms. The van der Waals surface area contributed by atoms with Crippen LogP contribution in [0.1, 0.15) is 81.1 Å². The predicted molar refractivity (Wildman–Crippen MR) is 182 cm³/mol. The fourth-order valence-corrected chi connectivity index (χ4v) is 4.93. The first-order valence-electron chi connectivity index (χ1n) is 16.5. The number of amidine groups is 1. The number of benzene rings is 2. The number of esters is 1. The molecule has 0 fully saturated rings. The van der Waals surface area contributed by atoms with Gasteiger partial charge in [0.25, 0.3) is 5.91 Å². The van der Waals surface area contributed by atoms with Gasteiger partial charge in [-0.15, -0.1) is 0 Å². The number of rotatable bonds is 11. The number of nitrogens with zero attached hydrogens (tertiary/aromatic N) is 3. The van der Waals surface area contributed by atoms with Crippen LogP contribution >= 0.6 is 0 Å². The van der Waals surface area contributed by atoms with Crippen LogP contribution in [0.25, 0.3) is 0 Å². The highest BCUT2D eigenvalue weighted by Crippen LogP contribution is 2.27. The molecule has 2 aromatic carbocycles. The van der Waals surface area contributed by atoms with Crippen LogP contribution < -0.4 is 35.9 Å². The molecular weight excluding hydrogens is 616 g/mol. The molecule has 6 N–H and O–H groups in total. The monoisotopic (exact) mass is 662 g/mol. The summed E-state index contributed by atoms with van der Waals surface area (Å²) in [4.78, 5) is 39.6. The van der Waals surface area contributed by atoms with Gasteiger partial charge in [0.15, 0.2) is 0 Å². The van der Waals surface area contributed by atoms with E-state index >= 15 is 0 Å². The van der Waals surface area contributed by atoms with Gasteiger partial charge in [-0.3, -0.25) is 10.2 Å². The average molecular weight is 663 g/mol. The van der Waals surface area contributed by atoms with Crippen LogP contribution in [0.5, 0.6) is 17.5 Å². The Morgan fingerprint density at radius 3 is 2.44 bits per heavy atom. The van der Waals surface area contributed by atoms with E-state index in [0.717, 1.165) is 37.0 Å². The molecule has 1 aromatic heterocycles. The van der Waals surface area contributed by atoms with Crippen molar-refractivity contribution in [1.29, 1.82) is 5.41 Å². The zero-order valence-corrected chi connectivity index (χ0v) is 27.7. The molecule has 3 aromatic rings. The molecule has 14 nitrogen and oxygen atoms in total. The van der Waals surface area contributed by atoms with E-state index in [1.165, 1.54) is 0 Å². The lowest BCUT2D eigenvalue weighted by Gasteiger charge is -2.19. The summed E-state index contributed by atoms with van der Waals surface area (Å²) in [5, 5.41) is 16.7. The number of hydrogen-bond donors (Lipinski definition) is 5. The van der Waals surface area contributed by atoms with Crippen molar-refractivity contribution in [2.75, 3.05) is 37.1 Å². The van der Waals surface area contributed by atoms with Crippen LogP contribution in [0.2, 0.25) is 0 Å². The SMILES string of the molecule is CCOC(=O)[C@H](CCCCC(=N)N)NC(=O)c1ccc2cc1OCCCCCCOc1ccc(cc1)CNc1nc(nc(OCC)n1)N2. The maximum atomic E-state index is 13.6. The van der Waals surface area contributed by atoms with E-state index in [1.807, 2.05) is 31.2 Å². The number of unbranched alkanes of at least 4 members (excludes halogenated alkanes) is 1. The summed E-state index contributed by atoms with van der Waals surface area (Å²) in [7, 11) is 0. The lowest BCUT2D eigenvalue weighted by molar-refractivity contribution is -0.145. The molecule has 1 amide bonds. The lowest BCUT2D eigenvalue weighted by Crippen LogP contribution is -2.42. The Labute approximate surface area is 281 Å². The quantitative estimate of drug-likeness (QED) is 0.0788. The first kappa shape index (κ1) is 35.7. The van der Waals surface area contributed by atoms with Gasteiger partial charge in [-0.1, -0.05) is 18.6 Å². The maximum Gasteiger partial charge on any atom is 0.328 e. The van der Waals surface area contributed by atoms with Crippen LogP contribution in [-0.2, 0) is 16.1 Å². The fraction of sp³-hybridized carbons (Fsp3) is 0.471. The minimum atomic E-state index is -0.863. The smallest absolute Gasteiger partial charge is 0.328 e. The molecule has 3 heterocycles. The van der Waals surface area contributed by atoms with Crippen LogP contribution in [0.15, 0.2) is 42.5 Å². The number of ether oxygens (including phenoxy) is 4. The molecule has 0 radical (unpaired) electrons. The standard InChI is InChI=1S/C34H46N8O6/c1-3-45-31(44)27(11-7-8-12-29(35)36)39-30(43)26-18-15-24-21-28(26)48-20-10-6-5-9-19-47-25-16-13-23(14-17-25)22-37-32-40-33(38-24)42-34(41-32)46-4-2/h13-18,21,27H,3-12,19-20,22H2,1-2H3,(H3,35,36)(H,39,43)(H2,37,38,40,41,42)/t27-/m0/s1. The van der Waals surface area contributed by atoms with E-state index in [4.69, 9.17) is 30.1 Å². The highest BCUT2D eigenvalue weighted by Gasteiger charge is 2.24. The molecule has 2 aliphatic rings. The van der Waals surface area contributed by atoms with Gasteiger partial charge in [0.2, 0.25) is 11.9 Å². The first-order valence-corrected chi connectivity index (χ1v) is 16.5. The number of anilines is 3. The molecule has 2 aliphatic heterocycles. The Hall–Kier alpha value is -5.14. The van der Waals surface area contributed by atoms with Gasteiger partial charge < -0.3 is 40.6 Å². The number of fused-ring (bicyclic) bond motifs is 10.